The molecule has 2 fully saturated rings. The molecule has 4 heterocycles. The van der Waals surface area contributed by atoms with Crippen molar-refractivity contribution in [1.29, 1.82) is 0 Å². The van der Waals surface area contributed by atoms with Crippen LogP contribution < -0.4 is 11.1 Å². The molecule has 5 rings (SSSR count). The van der Waals surface area contributed by atoms with Crippen molar-refractivity contribution in [2.24, 2.45) is 5.16 Å². The van der Waals surface area contributed by atoms with Crippen LogP contribution in [0.2, 0.25) is 0 Å². The first kappa shape index (κ1) is 27.0. The number of nitrogen functional groups attached to an aromatic ring is 1. The fourth-order valence-electron chi connectivity index (χ4n) is 4.36. The largest absolute Gasteiger partial charge is 0.477 e. The molecule has 2 aromatic heterocycles. The van der Waals surface area contributed by atoms with E-state index < -0.39 is 29.2 Å². The van der Waals surface area contributed by atoms with E-state index in [0.717, 1.165) is 37.0 Å². The summed E-state index contributed by atoms with van der Waals surface area (Å²) in [4.78, 5) is 49.5. The van der Waals surface area contributed by atoms with Crippen LogP contribution in [-0.4, -0.2) is 87.7 Å². The highest BCUT2D eigenvalue weighted by Gasteiger charge is 2.54. The zero-order chi connectivity index (χ0) is 27.5. The lowest BCUT2D eigenvalue weighted by atomic mass is 10.0. The lowest BCUT2D eigenvalue weighted by Gasteiger charge is -2.49. The monoisotopic (exact) mass is 589 g/mol. The van der Waals surface area contributed by atoms with Crippen LogP contribution in [0.4, 0.5) is 5.13 Å². The van der Waals surface area contributed by atoms with Crippen molar-refractivity contribution in [1.82, 2.24) is 35.4 Å². The van der Waals surface area contributed by atoms with E-state index in [0.29, 0.717) is 16.5 Å². The highest BCUT2D eigenvalue weighted by Crippen LogP contribution is 2.41. The Morgan fingerprint density at radius 2 is 2.18 bits per heavy atom. The molecule has 1 saturated heterocycles. The predicted octanol–water partition coefficient (Wildman–Crippen LogP) is 0.539. The number of carboxylic acids is 1. The maximum atomic E-state index is 13.2. The number of carboxylic acid groups (broad SMARTS) is 1. The molecule has 204 valence electrons. The fourth-order valence-corrected chi connectivity index (χ4v) is 7.27. The number of hydrogen-bond acceptors (Lipinski definition) is 13. The number of rotatable bonds is 10. The Bertz CT molecular complexity index is 1390. The van der Waals surface area contributed by atoms with Crippen LogP contribution in [0.25, 0.3) is 0 Å². The van der Waals surface area contributed by atoms with Gasteiger partial charge in [0.2, 0.25) is 5.16 Å². The smallest absolute Gasteiger partial charge is 0.352 e. The number of anilines is 1. The number of nitrogens with one attached hydrogen (secondary N) is 1. The Hall–Kier alpha value is -3.62. The van der Waals surface area contributed by atoms with Gasteiger partial charge in [0.25, 0.3) is 11.8 Å². The number of carbonyl (C=O) groups excluding carboxylic acids is 2. The van der Waals surface area contributed by atoms with Crippen molar-refractivity contribution in [2.45, 2.75) is 54.9 Å². The molecule has 2 atom stereocenters. The molecule has 4 N–H and O–H groups in total. The highest BCUT2D eigenvalue weighted by atomic mass is 32.2. The van der Waals surface area contributed by atoms with E-state index in [9.17, 15) is 19.5 Å². The molecule has 1 aliphatic carbocycles. The average Bonchev–Trinajstić information content (AvgIpc) is 3.69. The molecule has 1 saturated carbocycles. The molecule has 2 aliphatic heterocycles. The highest BCUT2D eigenvalue weighted by molar-refractivity contribution is 8.01. The van der Waals surface area contributed by atoms with E-state index in [4.69, 9.17) is 17.0 Å². The fraction of sp³-hybridized carbons (Fsp3) is 0.455. The van der Waals surface area contributed by atoms with Crippen molar-refractivity contribution in [3.63, 3.8) is 0 Å². The van der Waals surface area contributed by atoms with Gasteiger partial charge in [0.15, 0.2) is 10.8 Å². The molecule has 0 radical (unpaired) electrons. The van der Waals surface area contributed by atoms with E-state index in [1.54, 1.807) is 5.38 Å². The number of fused-ring (bicyclic) bond motifs is 1. The first-order valence-electron chi connectivity index (χ1n) is 11.9. The normalized spacial score (nSPS) is 21.4. The zero-order valence-electron chi connectivity index (χ0n) is 20.3. The minimum Gasteiger partial charge on any atom is -0.477 e. The number of amides is 2. The first-order valence-corrected chi connectivity index (χ1v) is 14.8. The van der Waals surface area contributed by atoms with Gasteiger partial charge in [-0.15, -0.1) is 34.6 Å². The van der Waals surface area contributed by atoms with Crippen molar-refractivity contribution < 1.29 is 24.3 Å². The quantitative estimate of drug-likeness (QED) is 0.115. The summed E-state index contributed by atoms with van der Waals surface area (Å²) in [6.45, 7) is 0.174. The van der Waals surface area contributed by atoms with Gasteiger partial charge in [0.1, 0.15) is 35.5 Å². The van der Waals surface area contributed by atoms with Gasteiger partial charge in [-0.1, -0.05) is 22.8 Å². The van der Waals surface area contributed by atoms with E-state index in [-0.39, 0.29) is 40.6 Å². The van der Waals surface area contributed by atoms with Crippen LogP contribution in [-0.2, 0) is 25.8 Å². The lowest BCUT2D eigenvalue weighted by molar-refractivity contribution is -0.150. The Morgan fingerprint density at radius 1 is 1.38 bits per heavy atom. The summed E-state index contributed by atoms with van der Waals surface area (Å²) in [5.41, 5.74) is 6.33. The van der Waals surface area contributed by atoms with Crippen LogP contribution in [0.15, 0.2) is 27.0 Å². The SMILES string of the molecule is C#CCn1nnnc1SCC1=C(C(=O)O)N2C(=O)C(NC(=O)C(=NOC3CCCC3)c3csc(N)n3)[C@@H]2SC1. The number of thiazole rings is 1. The third-order valence-corrected chi connectivity index (χ3v) is 9.28. The summed E-state index contributed by atoms with van der Waals surface area (Å²) in [5, 5.41) is 29.7. The van der Waals surface area contributed by atoms with Crippen molar-refractivity contribution in [3.8, 4) is 12.3 Å². The van der Waals surface area contributed by atoms with Crippen LogP contribution in [0.5, 0.6) is 0 Å². The minimum absolute atomic E-state index is 0.0855. The van der Waals surface area contributed by atoms with Crippen LogP contribution in [0.3, 0.4) is 0 Å². The second-order valence-electron chi connectivity index (χ2n) is 8.75. The second-order valence-corrected chi connectivity index (χ2v) is 11.7. The number of aliphatic carboxylic acids is 1. The van der Waals surface area contributed by atoms with Gasteiger partial charge in [-0.25, -0.2) is 14.5 Å². The standard InChI is InChI=1S/C22H23N9O5S3/c1-2-7-30-22(26-28-29-30)39-9-11-8-37-19-15(18(33)31(19)16(11)20(34)35)25-17(32)14(13-10-38-21(23)24-13)27-36-12-5-3-4-6-12/h1,10,12,15,19H,3-9H2,(H2,23,24)(H,25,32)(H,34,35)/t15?,19-/m0/s1. The van der Waals surface area contributed by atoms with Crippen LogP contribution in [0, 0.1) is 12.3 Å². The van der Waals surface area contributed by atoms with Gasteiger partial charge < -0.3 is 21.0 Å². The number of oxime groups is 1. The third-order valence-electron chi connectivity index (χ3n) is 6.23. The predicted molar refractivity (Wildman–Crippen MR) is 143 cm³/mol. The molecule has 1 unspecified atom stereocenters. The number of tetrazole rings is 1. The first-order chi connectivity index (χ1) is 18.9. The minimum atomic E-state index is -1.23. The number of carbonyl (C=O) groups is 3. The number of hydrogen-bond donors (Lipinski definition) is 3. The molecule has 0 bridgehead atoms. The molecule has 39 heavy (non-hydrogen) atoms. The molecule has 2 amide bonds. The molecule has 17 heteroatoms. The topological polar surface area (TPSA) is 191 Å². The summed E-state index contributed by atoms with van der Waals surface area (Å²) in [6, 6.07) is -0.943. The van der Waals surface area contributed by atoms with Gasteiger partial charge in [0.05, 0.1) is 0 Å². The summed E-state index contributed by atoms with van der Waals surface area (Å²) >= 11 is 3.73. The Kier molecular flexibility index (Phi) is 8.04. The number of β-lactam (4-membered cyclic amide) rings is 1. The molecule has 0 aromatic carbocycles. The van der Waals surface area contributed by atoms with Crippen LogP contribution >= 0.6 is 34.9 Å². The van der Waals surface area contributed by atoms with Crippen LogP contribution in [0.1, 0.15) is 31.4 Å². The van der Waals surface area contributed by atoms with E-state index in [2.05, 4.69) is 36.9 Å². The van der Waals surface area contributed by atoms with Gasteiger partial charge in [-0.05, 0) is 41.7 Å². The third kappa shape index (κ3) is 5.58. The van der Waals surface area contributed by atoms with Crippen molar-refractivity contribution >= 4 is 63.5 Å². The number of aromatic nitrogens is 5. The van der Waals surface area contributed by atoms with Gasteiger partial charge in [0, 0.05) is 16.9 Å². The number of thioether (sulfide) groups is 2. The maximum Gasteiger partial charge on any atom is 0.352 e. The summed E-state index contributed by atoms with van der Waals surface area (Å²) in [7, 11) is 0. The Morgan fingerprint density at radius 3 is 2.87 bits per heavy atom. The zero-order valence-corrected chi connectivity index (χ0v) is 22.8. The molecule has 0 spiro atoms. The second kappa shape index (κ2) is 11.6. The van der Waals surface area contributed by atoms with Crippen molar-refractivity contribution in [3.05, 3.63) is 22.3 Å². The lowest BCUT2D eigenvalue weighted by Crippen LogP contribution is -2.71. The average molecular weight is 590 g/mol. The number of terminal acetylenes is 1. The molecular weight excluding hydrogens is 567 g/mol. The number of nitrogens with zero attached hydrogens (tertiary/aromatic N) is 7. The van der Waals surface area contributed by atoms with Gasteiger partial charge in [-0.3, -0.25) is 14.5 Å². The Balaban J connectivity index is 1.30. The van der Waals surface area contributed by atoms with Crippen molar-refractivity contribution in [2.75, 3.05) is 17.2 Å². The maximum absolute atomic E-state index is 13.2. The van der Waals surface area contributed by atoms with E-state index in [1.807, 2.05) is 0 Å². The van der Waals surface area contributed by atoms with Gasteiger partial charge in [-0.2, -0.15) is 0 Å². The number of nitrogens with two attached hydrogens (primary N) is 1. The summed E-state index contributed by atoms with van der Waals surface area (Å²) in [5.74, 6) is 0.603. The summed E-state index contributed by atoms with van der Waals surface area (Å²) < 4.78 is 1.43. The van der Waals surface area contributed by atoms with E-state index >= 15 is 0 Å². The van der Waals surface area contributed by atoms with E-state index in [1.165, 1.54) is 33.1 Å². The molecule has 3 aliphatic rings. The summed E-state index contributed by atoms with van der Waals surface area (Å²) in [6.07, 6.45) is 8.98. The Labute approximate surface area is 234 Å². The molecule has 2 aromatic rings. The molecular formula is C22H23N9O5S3. The molecule has 14 nitrogen and oxygen atoms in total. The van der Waals surface area contributed by atoms with Gasteiger partial charge >= 0.3 is 5.97 Å².